The van der Waals surface area contributed by atoms with Gasteiger partial charge < -0.3 is 4.74 Å². The smallest absolute Gasteiger partial charge is 0.329 e. The van der Waals surface area contributed by atoms with Crippen LogP contribution in [0.15, 0.2) is 0 Å². The van der Waals surface area contributed by atoms with E-state index >= 15 is 0 Å². The lowest BCUT2D eigenvalue weighted by Gasteiger charge is -1.92. The van der Waals surface area contributed by atoms with Gasteiger partial charge in [0.15, 0.2) is 0 Å². The van der Waals surface area contributed by atoms with Gasteiger partial charge in [0.2, 0.25) is 0 Å². The van der Waals surface area contributed by atoms with Gasteiger partial charge in [0.25, 0.3) is 0 Å². The lowest BCUT2D eigenvalue weighted by Crippen LogP contribution is -2.14. The second-order valence-electron chi connectivity index (χ2n) is 1.12. The van der Waals surface area contributed by atoms with Gasteiger partial charge in [-0.15, -0.1) is 10.1 Å². The summed E-state index contributed by atoms with van der Waals surface area (Å²) in [7, 11) is 1.24. The van der Waals surface area contributed by atoms with Gasteiger partial charge in [-0.25, -0.2) is 4.84 Å². The molecule has 6 nitrogen and oxygen atoms in total. The summed E-state index contributed by atoms with van der Waals surface area (Å²) in [5.41, 5.74) is 0. The molecule has 0 spiro atoms. The zero-order valence-electron chi connectivity index (χ0n) is 4.70. The second-order valence-corrected chi connectivity index (χ2v) is 1.12. The third-order valence-corrected chi connectivity index (χ3v) is 0.439. The minimum atomic E-state index is -1.18. The Morgan fingerprint density at radius 1 is 1.78 bits per heavy atom. The molecule has 0 bridgehead atoms. The number of nitrogens with zero attached hydrogens (tertiary/aromatic N) is 1. The fourth-order valence-corrected chi connectivity index (χ4v) is 0.227. The summed E-state index contributed by atoms with van der Waals surface area (Å²) in [4.78, 5) is 22.9. The summed E-state index contributed by atoms with van der Waals surface area (Å²) in [6, 6.07) is 0. The van der Waals surface area contributed by atoms with E-state index in [1.165, 1.54) is 7.11 Å². The van der Waals surface area contributed by atoms with Crippen LogP contribution in [0.3, 0.4) is 0 Å². The fraction of sp³-hybridized carbons (Fsp3) is 0.667. The predicted octanol–water partition coefficient (Wildman–Crippen LogP) is -0.632. The molecule has 0 unspecified atom stereocenters. The molecule has 0 N–H and O–H groups in total. The van der Waals surface area contributed by atoms with Crippen molar-refractivity contribution in [3.05, 3.63) is 10.1 Å². The molecule has 0 amide bonds. The summed E-state index contributed by atoms with van der Waals surface area (Å²) in [5, 5.41) is 8.21. The largest absolute Gasteiger partial charge is 0.375 e. The lowest BCUT2D eigenvalue weighted by atomic mass is 10.7. The third kappa shape index (κ3) is 4.69. The van der Waals surface area contributed by atoms with Gasteiger partial charge >= 0.3 is 11.1 Å². The molecule has 6 heteroatoms. The highest BCUT2D eigenvalue weighted by Gasteiger charge is 2.04. The molecule has 0 aliphatic rings. The van der Waals surface area contributed by atoms with Crippen molar-refractivity contribution in [3.63, 3.8) is 0 Å². The van der Waals surface area contributed by atoms with Crippen LogP contribution >= 0.6 is 0 Å². The first-order valence-corrected chi connectivity index (χ1v) is 2.01. The van der Waals surface area contributed by atoms with Crippen LogP contribution in [0.4, 0.5) is 0 Å². The van der Waals surface area contributed by atoms with Crippen LogP contribution in [-0.4, -0.2) is 24.8 Å². The maximum atomic E-state index is 10.1. The Kier molecular flexibility index (Phi) is 3.29. The number of hydrogen-bond donors (Lipinski definition) is 0. The highest BCUT2D eigenvalue weighted by atomic mass is 17.0. The van der Waals surface area contributed by atoms with Crippen molar-refractivity contribution in [1.29, 1.82) is 0 Å². The van der Waals surface area contributed by atoms with Crippen molar-refractivity contribution in [1.82, 2.24) is 0 Å². The van der Waals surface area contributed by atoms with E-state index in [9.17, 15) is 14.9 Å². The molecule has 0 fully saturated rings. The van der Waals surface area contributed by atoms with Gasteiger partial charge in [0.1, 0.15) is 6.61 Å². The first kappa shape index (κ1) is 7.83. The van der Waals surface area contributed by atoms with Gasteiger partial charge in [-0.05, 0) is 0 Å². The van der Waals surface area contributed by atoms with Gasteiger partial charge in [-0.3, -0.25) is 4.79 Å². The Balaban J connectivity index is 3.39. The monoisotopic (exact) mass is 135 g/mol. The number of hydrogen-bond acceptors (Lipinski definition) is 5. The number of methoxy groups -OCH3 is 1. The van der Waals surface area contributed by atoms with Crippen LogP contribution in [-0.2, 0) is 14.4 Å². The second kappa shape index (κ2) is 3.79. The number of rotatable bonds is 3. The van der Waals surface area contributed by atoms with E-state index in [1.54, 1.807) is 0 Å². The molecule has 0 aliphatic heterocycles. The summed E-state index contributed by atoms with van der Waals surface area (Å²) < 4.78 is 4.23. The van der Waals surface area contributed by atoms with Crippen molar-refractivity contribution < 1.29 is 19.5 Å². The third-order valence-electron chi connectivity index (χ3n) is 0.439. The van der Waals surface area contributed by atoms with E-state index in [2.05, 4.69) is 9.57 Å². The highest BCUT2D eigenvalue weighted by molar-refractivity contribution is 5.69. The summed E-state index contributed by atoms with van der Waals surface area (Å²) in [6.45, 7) is -0.402. The molecule has 9 heavy (non-hydrogen) atoms. The molecule has 0 aliphatic carbocycles. The van der Waals surface area contributed by atoms with Crippen LogP contribution in [0.2, 0.25) is 0 Å². The van der Waals surface area contributed by atoms with Gasteiger partial charge in [0.05, 0.1) is 0 Å². The van der Waals surface area contributed by atoms with Crippen molar-refractivity contribution in [2.24, 2.45) is 0 Å². The highest BCUT2D eigenvalue weighted by Crippen LogP contribution is 1.77. The Hall–Kier alpha value is -1.17. The van der Waals surface area contributed by atoms with E-state index in [-0.39, 0.29) is 0 Å². The fourth-order valence-electron chi connectivity index (χ4n) is 0.227. The van der Waals surface area contributed by atoms with E-state index in [1.807, 2.05) is 0 Å². The van der Waals surface area contributed by atoms with Crippen LogP contribution in [0.25, 0.3) is 0 Å². The summed E-state index contributed by atoms with van der Waals surface area (Å²) in [5.74, 6) is -1.01. The lowest BCUT2D eigenvalue weighted by molar-refractivity contribution is -0.729. The minimum Gasteiger partial charge on any atom is -0.375 e. The predicted molar refractivity (Wildman–Crippen MR) is 25.0 cm³/mol. The molecule has 0 radical (unpaired) electrons. The summed E-state index contributed by atoms with van der Waals surface area (Å²) in [6.07, 6.45) is 0. The molecule has 0 atom stereocenters. The maximum Gasteiger partial charge on any atom is 0.329 e. The average Bonchev–Trinajstić information content (AvgIpc) is 1.63. The minimum absolute atomic E-state index is 0.402. The number of carbonyl (C=O) groups is 1. The Bertz CT molecular complexity index is 121. The van der Waals surface area contributed by atoms with Crippen LogP contribution in [0.5, 0.6) is 0 Å². The first-order valence-electron chi connectivity index (χ1n) is 2.01. The molecule has 0 aromatic carbocycles. The Morgan fingerprint density at radius 3 is 2.67 bits per heavy atom. The molecule has 0 saturated carbocycles. The van der Waals surface area contributed by atoms with Crippen molar-refractivity contribution in [2.45, 2.75) is 0 Å². The van der Waals surface area contributed by atoms with Crippen molar-refractivity contribution in [3.8, 4) is 0 Å². The van der Waals surface area contributed by atoms with Crippen LogP contribution in [0.1, 0.15) is 0 Å². The molecule has 0 heterocycles. The van der Waals surface area contributed by atoms with Gasteiger partial charge in [-0.2, -0.15) is 0 Å². The zero-order chi connectivity index (χ0) is 7.28. The molecular weight excluding hydrogens is 130 g/mol. The Labute approximate surface area is 50.5 Å². The average molecular weight is 135 g/mol. The molecule has 0 aromatic rings. The molecule has 0 rings (SSSR count). The normalized spacial score (nSPS) is 8.56. The molecule has 0 aromatic heterocycles. The zero-order valence-corrected chi connectivity index (χ0v) is 4.70. The van der Waals surface area contributed by atoms with Crippen molar-refractivity contribution >= 4 is 5.97 Å². The molecular formula is C3H5NO5. The molecule has 0 saturated heterocycles. The van der Waals surface area contributed by atoms with E-state index in [0.717, 1.165) is 0 Å². The first-order chi connectivity index (χ1) is 4.16. The summed E-state index contributed by atoms with van der Waals surface area (Å²) >= 11 is 0. The number of ether oxygens (including phenoxy) is 1. The maximum absolute atomic E-state index is 10.1. The topological polar surface area (TPSA) is 78.7 Å². The van der Waals surface area contributed by atoms with Gasteiger partial charge in [0, 0.05) is 7.11 Å². The Morgan fingerprint density at radius 2 is 2.33 bits per heavy atom. The van der Waals surface area contributed by atoms with E-state index < -0.39 is 17.7 Å². The van der Waals surface area contributed by atoms with Crippen molar-refractivity contribution in [2.75, 3.05) is 13.7 Å². The van der Waals surface area contributed by atoms with Gasteiger partial charge in [-0.1, -0.05) is 0 Å². The van der Waals surface area contributed by atoms with E-state index in [4.69, 9.17) is 0 Å². The number of carbonyl (C=O) groups excluding carboxylic acids is 1. The SMILES string of the molecule is COCC(=O)O[N+](=O)[O-]. The quantitative estimate of drug-likeness (QED) is 0.380. The van der Waals surface area contributed by atoms with Crippen LogP contribution in [0, 0.1) is 10.1 Å². The van der Waals surface area contributed by atoms with E-state index in [0.29, 0.717) is 0 Å². The van der Waals surface area contributed by atoms with Crippen LogP contribution < -0.4 is 0 Å². The molecule has 52 valence electrons. The standard InChI is InChI=1S/C3H5NO5/c1-8-2-3(5)9-4(6)7/h2H2,1H3.